The number of carbonyl (C=O) groups is 2. The third-order valence-electron chi connectivity index (χ3n) is 4.99. The predicted octanol–water partition coefficient (Wildman–Crippen LogP) is 6.91. The Labute approximate surface area is 219 Å². The number of methoxy groups -OCH3 is 1. The minimum Gasteiger partial charge on any atom is -0.493 e. The largest absolute Gasteiger partial charge is 0.493 e. The summed E-state index contributed by atoms with van der Waals surface area (Å²) in [5, 5.41) is -0.255. The van der Waals surface area contributed by atoms with E-state index in [1.165, 1.54) is 12.1 Å². The van der Waals surface area contributed by atoms with Gasteiger partial charge in [0.05, 0.1) is 22.1 Å². The molecule has 1 saturated heterocycles. The van der Waals surface area contributed by atoms with Crippen molar-refractivity contribution in [2.75, 3.05) is 7.11 Å². The second kappa shape index (κ2) is 10.8. The Morgan fingerprint density at radius 2 is 1.88 bits per heavy atom. The number of carbonyl (C=O) groups excluding carboxylic acids is 2. The lowest BCUT2D eigenvalue weighted by Gasteiger charge is -2.14. The average Bonchev–Trinajstić information content (AvgIpc) is 3.07. The Morgan fingerprint density at radius 3 is 2.59 bits per heavy atom. The number of hydrogen-bond donors (Lipinski definition) is 0. The number of nitrogens with zero attached hydrogens (tertiary/aromatic N) is 1. The lowest BCUT2D eigenvalue weighted by atomic mass is 10.1. The van der Waals surface area contributed by atoms with Crippen LogP contribution >= 0.6 is 46.0 Å². The van der Waals surface area contributed by atoms with Gasteiger partial charge in [0.15, 0.2) is 11.5 Å². The molecule has 0 atom stereocenters. The summed E-state index contributed by atoms with van der Waals surface area (Å²) in [6.07, 6.45) is 1.64. The molecule has 9 heteroatoms. The number of rotatable bonds is 7. The van der Waals surface area contributed by atoms with Crippen LogP contribution in [0.15, 0.2) is 65.6 Å². The van der Waals surface area contributed by atoms with Gasteiger partial charge in [-0.3, -0.25) is 14.5 Å². The normalized spacial score (nSPS) is 14.7. The van der Waals surface area contributed by atoms with Crippen molar-refractivity contribution in [2.24, 2.45) is 0 Å². The fourth-order valence-electron chi connectivity index (χ4n) is 3.30. The summed E-state index contributed by atoms with van der Waals surface area (Å²) in [6, 6.07) is 17.3. The lowest BCUT2D eigenvalue weighted by molar-refractivity contribution is -0.123. The quantitative estimate of drug-likeness (QED) is 0.215. The van der Waals surface area contributed by atoms with Crippen molar-refractivity contribution in [2.45, 2.75) is 13.2 Å². The Bertz CT molecular complexity index is 1290. The molecule has 0 aliphatic carbocycles. The third kappa shape index (κ3) is 5.56. The summed E-state index contributed by atoms with van der Waals surface area (Å²) in [4.78, 5) is 26.8. The highest BCUT2D eigenvalue weighted by Gasteiger charge is 2.35. The van der Waals surface area contributed by atoms with Gasteiger partial charge in [0.2, 0.25) is 0 Å². The fraction of sp³-hybridized carbons (Fsp3) is 0.120. The molecule has 0 N–H and O–H groups in total. The highest BCUT2D eigenvalue weighted by atomic mass is 127. The number of hydrogen-bond acceptors (Lipinski definition) is 5. The maximum Gasteiger partial charge on any atom is 0.293 e. The van der Waals surface area contributed by atoms with Crippen LogP contribution in [0, 0.1) is 9.39 Å². The molecule has 174 valence electrons. The van der Waals surface area contributed by atoms with E-state index in [4.69, 9.17) is 21.1 Å². The smallest absolute Gasteiger partial charge is 0.293 e. The van der Waals surface area contributed by atoms with Crippen LogP contribution in [0.4, 0.5) is 9.18 Å². The minimum atomic E-state index is -0.484. The molecule has 3 aromatic rings. The van der Waals surface area contributed by atoms with Crippen LogP contribution in [0.5, 0.6) is 11.5 Å². The highest BCUT2D eigenvalue weighted by Crippen LogP contribution is 2.38. The van der Waals surface area contributed by atoms with Gasteiger partial charge in [-0.15, -0.1) is 0 Å². The summed E-state index contributed by atoms with van der Waals surface area (Å²) in [7, 11) is 1.55. The topological polar surface area (TPSA) is 55.8 Å². The molecule has 34 heavy (non-hydrogen) atoms. The van der Waals surface area contributed by atoms with Crippen molar-refractivity contribution >= 4 is 63.2 Å². The third-order valence-corrected chi connectivity index (χ3v) is 7.05. The van der Waals surface area contributed by atoms with E-state index in [9.17, 15) is 14.0 Å². The van der Waals surface area contributed by atoms with Crippen LogP contribution in [0.25, 0.3) is 6.08 Å². The van der Waals surface area contributed by atoms with Crippen LogP contribution in [0.2, 0.25) is 5.02 Å². The monoisotopic (exact) mass is 609 g/mol. The van der Waals surface area contributed by atoms with Gasteiger partial charge in [-0.1, -0.05) is 48.0 Å². The van der Waals surface area contributed by atoms with Crippen molar-refractivity contribution in [1.82, 2.24) is 4.90 Å². The SMILES string of the molecule is COc1cc(/C=C2\SC(=O)N(Cc3ccc(F)cc3Cl)C2=O)cc(I)c1OCc1ccccc1. The molecule has 4 rings (SSSR count). The molecule has 2 amide bonds. The van der Waals surface area contributed by atoms with Gasteiger partial charge in [-0.25, -0.2) is 4.39 Å². The molecule has 1 aliphatic heterocycles. The Hall–Kier alpha value is -2.56. The molecule has 5 nitrogen and oxygen atoms in total. The number of ether oxygens (including phenoxy) is 2. The zero-order valence-corrected chi connectivity index (χ0v) is 21.6. The molecule has 1 aliphatic rings. The molecule has 0 radical (unpaired) electrons. The Morgan fingerprint density at radius 1 is 1.12 bits per heavy atom. The van der Waals surface area contributed by atoms with Crippen molar-refractivity contribution < 1.29 is 23.5 Å². The first-order chi connectivity index (χ1) is 16.4. The van der Waals surface area contributed by atoms with E-state index in [1.54, 1.807) is 19.3 Å². The molecule has 3 aromatic carbocycles. The summed E-state index contributed by atoms with van der Waals surface area (Å²) in [5.41, 5.74) is 2.21. The molecule has 0 spiro atoms. The van der Waals surface area contributed by atoms with E-state index in [2.05, 4.69) is 22.6 Å². The van der Waals surface area contributed by atoms with Crippen molar-refractivity contribution in [3.8, 4) is 11.5 Å². The van der Waals surface area contributed by atoms with Gasteiger partial charge in [-0.05, 0) is 81.4 Å². The second-order valence-corrected chi connectivity index (χ2v) is 9.87. The zero-order chi connectivity index (χ0) is 24.2. The molecule has 0 aromatic heterocycles. The van der Waals surface area contributed by atoms with Crippen molar-refractivity contribution in [1.29, 1.82) is 0 Å². The van der Waals surface area contributed by atoms with Gasteiger partial charge in [0.25, 0.3) is 11.1 Å². The van der Waals surface area contributed by atoms with E-state index < -0.39 is 17.0 Å². The van der Waals surface area contributed by atoms with Gasteiger partial charge < -0.3 is 9.47 Å². The molecule has 0 bridgehead atoms. The average molecular weight is 610 g/mol. The molecule has 1 heterocycles. The van der Waals surface area contributed by atoms with Gasteiger partial charge >= 0.3 is 0 Å². The Kier molecular flexibility index (Phi) is 7.80. The predicted molar refractivity (Wildman–Crippen MR) is 139 cm³/mol. The van der Waals surface area contributed by atoms with Gasteiger partial charge in [0.1, 0.15) is 12.4 Å². The first kappa shape index (κ1) is 24.6. The van der Waals surface area contributed by atoms with E-state index in [0.29, 0.717) is 29.2 Å². The van der Waals surface area contributed by atoms with Crippen LogP contribution in [-0.2, 0) is 17.9 Å². The van der Waals surface area contributed by atoms with Crippen molar-refractivity contribution in [3.05, 3.63) is 96.7 Å². The van der Waals surface area contributed by atoms with E-state index in [0.717, 1.165) is 31.9 Å². The highest BCUT2D eigenvalue weighted by molar-refractivity contribution is 14.1. The van der Waals surface area contributed by atoms with E-state index in [1.807, 2.05) is 36.4 Å². The van der Waals surface area contributed by atoms with E-state index >= 15 is 0 Å². The van der Waals surface area contributed by atoms with Gasteiger partial charge in [-0.2, -0.15) is 0 Å². The summed E-state index contributed by atoms with van der Waals surface area (Å²) in [5.74, 6) is 0.200. The lowest BCUT2D eigenvalue weighted by Crippen LogP contribution is -2.27. The van der Waals surface area contributed by atoms with Gasteiger partial charge in [0, 0.05) is 5.02 Å². The summed E-state index contributed by atoms with van der Waals surface area (Å²) >= 11 is 9.06. The maximum absolute atomic E-state index is 13.3. The minimum absolute atomic E-state index is 0.0335. The van der Waals surface area contributed by atoms with Crippen LogP contribution < -0.4 is 9.47 Å². The summed E-state index contributed by atoms with van der Waals surface area (Å²) in [6.45, 7) is 0.353. The van der Waals surface area contributed by atoms with E-state index in [-0.39, 0.29) is 16.5 Å². The first-order valence-corrected chi connectivity index (χ1v) is 12.4. The standard InChI is InChI=1S/C25H18ClFINO4S/c1-32-21-10-16(9-20(28)23(21)33-14-15-5-3-2-4-6-15)11-22-24(30)29(25(31)34-22)13-17-7-8-18(27)12-19(17)26/h2-12H,13-14H2,1H3/b22-11-. The molecule has 0 saturated carbocycles. The maximum atomic E-state index is 13.3. The number of benzene rings is 3. The second-order valence-electron chi connectivity index (χ2n) is 7.31. The van der Waals surface area contributed by atoms with Crippen LogP contribution in [0.3, 0.4) is 0 Å². The number of thioether (sulfide) groups is 1. The zero-order valence-electron chi connectivity index (χ0n) is 17.9. The number of imide groups is 1. The van der Waals surface area contributed by atoms with Crippen molar-refractivity contribution in [3.63, 3.8) is 0 Å². The number of amides is 2. The summed E-state index contributed by atoms with van der Waals surface area (Å²) < 4.78 is 25.6. The first-order valence-electron chi connectivity index (χ1n) is 10.1. The Balaban J connectivity index is 1.54. The van der Waals surface area contributed by atoms with Crippen LogP contribution in [-0.4, -0.2) is 23.2 Å². The number of halogens is 3. The molecular formula is C25H18ClFINO4S. The molecule has 0 unspecified atom stereocenters. The fourth-order valence-corrected chi connectivity index (χ4v) is 5.15. The van der Waals surface area contributed by atoms with Crippen LogP contribution in [0.1, 0.15) is 16.7 Å². The molecule has 1 fully saturated rings. The molecular weight excluding hydrogens is 592 g/mol.